The molecule has 0 spiro atoms. The summed E-state index contributed by atoms with van der Waals surface area (Å²) in [5.74, 6) is 1.73. The first kappa shape index (κ1) is 22.2. The van der Waals surface area contributed by atoms with Gasteiger partial charge in [0.1, 0.15) is 12.4 Å². The second-order valence-corrected chi connectivity index (χ2v) is 7.91. The molecule has 1 aromatic carbocycles. The minimum atomic E-state index is 0.632. The molecule has 0 heterocycles. The van der Waals surface area contributed by atoms with E-state index in [4.69, 9.17) is 9.47 Å². The molecule has 0 amide bonds. The van der Waals surface area contributed by atoms with Crippen molar-refractivity contribution in [1.29, 1.82) is 0 Å². The topological polar surface area (TPSA) is 21.7 Å². The predicted molar refractivity (Wildman–Crippen MR) is 115 cm³/mol. The van der Waals surface area contributed by atoms with Gasteiger partial charge in [-0.25, -0.2) is 0 Å². The maximum Gasteiger partial charge on any atom is 0.119 e. The minimum absolute atomic E-state index is 0.632. The van der Waals surface area contributed by atoms with Gasteiger partial charge in [-0.15, -0.1) is 0 Å². The third kappa shape index (κ3) is 9.12. The first-order valence-electron chi connectivity index (χ1n) is 11.4. The van der Waals surface area contributed by atoms with Crippen LogP contribution in [0.2, 0.25) is 0 Å². The van der Waals surface area contributed by atoms with Gasteiger partial charge in [0.15, 0.2) is 0 Å². The number of hydrogen-bond acceptors (Lipinski definition) is 3. The number of rotatable bonds is 14. The summed E-state index contributed by atoms with van der Waals surface area (Å²) in [7, 11) is 0. The van der Waals surface area contributed by atoms with E-state index in [1.165, 1.54) is 76.4 Å². The largest absolute Gasteiger partial charge is 0.491 e. The van der Waals surface area contributed by atoms with E-state index in [1.54, 1.807) is 0 Å². The van der Waals surface area contributed by atoms with E-state index in [2.05, 4.69) is 43.0 Å². The van der Waals surface area contributed by atoms with Crippen LogP contribution in [0.25, 0.3) is 0 Å². The Bertz CT molecular complexity index is 460. The van der Waals surface area contributed by atoms with Crippen molar-refractivity contribution in [1.82, 2.24) is 4.90 Å². The van der Waals surface area contributed by atoms with Crippen molar-refractivity contribution in [2.45, 2.75) is 77.6 Å². The predicted octanol–water partition coefficient (Wildman–Crippen LogP) is 6.03. The lowest BCUT2D eigenvalue weighted by Crippen LogP contribution is -2.30. The summed E-state index contributed by atoms with van der Waals surface area (Å²) in [6.45, 7) is 10.1. The van der Waals surface area contributed by atoms with Crippen molar-refractivity contribution in [3.63, 3.8) is 0 Å². The summed E-state index contributed by atoms with van der Waals surface area (Å²) in [5, 5.41) is 0. The molecule has 0 aromatic heterocycles. The molecule has 0 aliphatic heterocycles. The molecule has 0 unspecified atom stereocenters. The second-order valence-electron chi connectivity index (χ2n) is 7.91. The number of benzene rings is 1. The zero-order valence-corrected chi connectivity index (χ0v) is 17.8. The van der Waals surface area contributed by atoms with Gasteiger partial charge in [-0.1, -0.05) is 58.1 Å². The monoisotopic (exact) mass is 375 g/mol. The molecule has 0 radical (unpaired) electrons. The first-order valence-corrected chi connectivity index (χ1v) is 11.4. The molecule has 1 aromatic rings. The van der Waals surface area contributed by atoms with Crippen molar-refractivity contribution in [3.05, 3.63) is 29.8 Å². The lowest BCUT2D eigenvalue weighted by molar-refractivity contribution is 0.0789. The van der Waals surface area contributed by atoms with Crippen LogP contribution in [-0.2, 0) is 4.74 Å². The Labute approximate surface area is 167 Å². The van der Waals surface area contributed by atoms with Crippen LogP contribution in [0.15, 0.2) is 24.3 Å². The highest BCUT2D eigenvalue weighted by Gasteiger charge is 2.15. The third-order valence-electron chi connectivity index (χ3n) is 5.66. The molecule has 3 nitrogen and oxygen atoms in total. The van der Waals surface area contributed by atoms with Gasteiger partial charge in [-0.2, -0.15) is 0 Å². The standard InChI is InChI=1S/C24H41NO2/c1-3-5-16-25(17-6-4-2)18-19-26-20-21-27-24-14-12-23(13-15-24)22-10-8-7-9-11-22/h12-15,22H,3-11,16-21H2,1-2H3. The Kier molecular flexibility index (Phi) is 11.5. The molecule has 27 heavy (non-hydrogen) atoms. The lowest BCUT2D eigenvalue weighted by atomic mass is 9.84. The first-order chi connectivity index (χ1) is 13.3. The van der Waals surface area contributed by atoms with Crippen molar-refractivity contribution < 1.29 is 9.47 Å². The summed E-state index contributed by atoms with van der Waals surface area (Å²) < 4.78 is 11.6. The van der Waals surface area contributed by atoms with Crippen LogP contribution in [0.1, 0.15) is 83.1 Å². The molecule has 1 aliphatic carbocycles. The molecule has 1 aliphatic rings. The molecule has 1 fully saturated rings. The maximum atomic E-state index is 5.85. The van der Waals surface area contributed by atoms with E-state index < -0.39 is 0 Å². The number of unbranched alkanes of at least 4 members (excludes halogenated alkanes) is 2. The summed E-state index contributed by atoms with van der Waals surface area (Å²) in [4.78, 5) is 2.54. The van der Waals surface area contributed by atoms with E-state index in [9.17, 15) is 0 Å². The van der Waals surface area contributed by atoms with Gasteiger partial charge >= 0.3 is 0 Å². The van der Waals surface area contributed by atoms with E-state index in [0.717, 1.165) is 24.8 Å². The molecule has 1 saturated carbocycles. The Hall–Kier alpha value is -1.06. The van der Waals surface area contributed by atoms with Gasteiger partial charge in [0.2, 0.25) is 0 Å². The van der Waals surface area contributed by atoms with Gasteiger partial charge in [-0.3, -0.25) is 0 Å². The van der Waals surface area contributed by atoms with Gasteiger partial charge < -0.3 is 14.4 Å². The second kappa shape index (κ2) is 14.0. The molecule has 0 saturated heterocycles. The van der Waals surface area contributed by atoms with E-state index in [-0.39, 0.29) is 0 Å². The molecule has 2 rings (SSSR count). The highest BCUT2D eigenvalue weighted by Crippen LogP contribution is 2.33. The average molecular weight is 376 g/mol. The number of hydrogen-bond donors (Lipinski definition) is 0. The zero-order chi connectivity index (χ0) is 19.2. The molecular weight excluding hydrogens is 334 g/mol. The number of nitrogens with zero attached hydrogens (tertiary/aromatic N) is 1. The molecule has 154 valence electrons. The minimum Gasteiger partial charge on any atom is -0.491 e. The van der Waals surface area contributed by atoms with E-state index in [1.807, 2.05) is 0 Å². The normalized spacial score (nSPS) is 15.4. The van der Waals surface area contributed by atoms with Crippen LogP contribution < -0.4 is 4.74 Å². The fourth-order valence-corrected chi connectivity index (χ4v) is 3.89. The van der Waals surface area contributed by atoms with Gasteiger partial charge in [0.05, 0.1) is 13.2 Å². The van der Waals surface area contributed by atoms with Crippen LogP contribution in [0.4, 0.5) is 0 Å². The van der Waals surface area contributed by atoms with Crippen LogP contribution in [0.3, 0.4) is 0 Å². The summed E-state index contributed by atoms with van der Waals surface area (Å²) in [6, 6.07) is 8.76. The summed E-state index contributed by atoms with van der Waals surface area (Å²) >= 11 is 0. The number of ether oxygens (including phenoxy) is 2. The molecule has 0 N–H and O–H groups in total. The fraction of sp³-hybridized carbons (Fsp3) is 0.750. The van der Waals surface area contributed by atoms with E-state index >= 15 is 0 Å². The maximum absolute atomic E-state index is 5.85. The highest BCUT2D eigenvalue weighted by atomic mass is 16.5. The Morgan fingerprint density at radius 1 is 0.815 bits per heavy atom. The molecule has 3 heteroatoms. The van der Waals surface area contributed by atoms with Gasteiger partial charge in [0, 0.05) is 6.54 Å². The molecular formula is C24H41NO2. The van der Waals surface area contributed by atoms with Gasteiger partial charge in [0.25, 0.3) is 0 Å². The van der Waals surface area contributed by atoms with Crippen LogP contribution >= 0.6 is 0 Å². The Morgan fingerprint density at radius 3 is 2.11 bits per heavy atom. The van der Waals surface area contributed by atoms with Crippen LogP contribution in [-0.4, -0.2) is 44.4 Å². The van der Waals surface area contributed by atoms with Crippen molar-refractivity contribution in [2.75, 3.05) is 39.5 Å². The Balaban J connectivity index is 1.57. The fourth-order valence-electron chi connectivity index (χ4n) is 3.89. The van der Waals surface area contributed by atoms with E-state index in [0.29, 0.717) is 13.2 Å². The quantitative estimate of drug-likeness (QED) is 0.370. The van der Waals surface area contributed by atoms with Crippen molar-refractivity contribution in [2.24, 2.45) is 0 Å². The summed E-state index contributed by atoms with van der Waals surface area (Å²) in [6.07, 6.45) is 12.0. The molecule has 0 atom stereocenters. The van der Waals surface area contributed by atoms with Crippen molar-refractivity contribution in [3.8, 4) is 5.75 Å². The lowest BCUT2D eigenvalue weighted by Gasteiger charge is -2.22. The highest BCUT2D eigenvalue weighted by molar-refractivity contribution is 5.29. The molecule has 0 bridgehead atoms. The summed E-state index contributed by atoms with van der Waals surface area (Å²) in [5.41, 5.74) is 1.48. The zero-order valence-electron chi connectivity index (χ0n) is 17.8. The van der Waals surface area contributed by atoms with Crippen LogP contribution in [0.5, 0.6) is 5.75 Å². The van der Waals surface area contributed by atoms with Gasteiger partial charge in [-0.05, 0) is 62.4 Å². The third-order valence-corrected chi connectivity index (χ3v) is 5.66. The van der Waals surface area contributed by atoms with Crippen LogP contribution in [0, 0.1) is 0 Å². The average Bonchev–Trinajstić information content (AvgIpc) is 2.73. The Morgan fingerprint density at radius 2 is 1.48 bits per heavy atom. The van der Waals surface area contributed by atoms with Crippen molar-refractivity contribution >= 4 is 0 Å². The smallest absolute Gasteiger partial charge is 0.119 e. The SMILES string of the molecule is CCCCN(CCCC)CCOCCOc1ccc(C2CCCCC2)cc1.